The van der Waals surface area contributed by atoms with Crippen LogP contribution in [0.5, 0.6) is 5.88 Å². The molecule has 1 aromatic rings. The minimum Gasteiger partial charge on any atom is -0.477 e. The molecule has 16 heavy (non-hydrogen) atoms. The average molecular weight is 223 g/mol. The fourth-order valence-electron chi connectivity index (χ4n) is 1.17. The fourth-order valence-corrected chi connectivity index (χ4v) is 1.17. The summed E-state index contributed by atoms with van der Waals surface area (Å²) in [6, 6.07) is 3.82. The van der Waals surface area contributed by atoms with Crippen molar-refractivity contribution >= 4 is 0 Å². The maximum absolute atomic E-state index is 5.48. The molecule has 1 heterocycles. The largest absolute Gasteiger partial charge is 0.477 e. The average Bonchev–Trinajstić information content (AvgIpc) is 2.27. The highest BCUT2D eigenvalue weighted by atomic mass is 16.5. The lowest BCUT2D eigenvalue weighted by molar-refractivity contribution is 0.276. The van der Waals surface area contributed by atoms with Crippen molar-refractivity contribution in [3.8, 4) is 5.88 Å². The van der Waals surface area contributed by atoms with Crippen molar-refractivity contribution in [1.29, 1.82) is 0 Å². The first kappa shape index (κ1) is 12.9. The summed E-state index contributed by atoms with van der Waals surface area (Å²) in [6.45, 7) is 8.82. The van der Waals surface area contributed by atoms with E-state index in [1.165, 1.54) is 0 Å². The fraction of sp³-hybridized carbons (Fsp3) is 0.667. The minimum atomic E-state index is 0.612. The molecule has 0 aliphatic heterocycles. The number of rotatable bonds is 7. The van der Waals surface area contributed by atoms with E-state index < -0.39 is 0 Å². The Bertz CT molecular complexity index is 285. The van der Waals surface area contributed by atoms with Crippen LogP contribution in [-0.4, -0.2) is 23.3 Å². The standard InChI is InChI=1S/C12H21N3O/c1-4-13-9-11-5-6-12(15-14-11)16-8-7-10(2)3/h5-6,10,13H,4,7-9H2,1-3H3. The molecule has 4 heteroatoms. The van der Waals surface area contributed by atoms with E-state index in [-0.39, 0.29) is 0 Å². The van der Waals surface area contributed by atoms with Crippen molar-refractivity contribution in [3.05, 3.63) is 17.8 Å². The van der Waals surface area contributed by atoms with Crippen LogP contribution in [0.25, 0.3) is 0 Å². The molecule has 0 atom stereocenters. The van der Waals surface area contributed by atoms with E-state index in [1.807, 2.05) is 12.1 Å². The summed E-state index contributed by atoms with van der Waals surface area (Å²) in [5.74, 6) is 1.27. The van der Waals surface area contributed by atoms with E-state index in [4.69, 9.17) is 4.74 Å². The highest BCUT2D eigenvalue weighted by Gasteiger charge is 1.99. The Morgan fingerprint density at radius 2 is 2.12 bits per heavy atom. The summed E-state index contributed by atoms with van der Waals surface area (Å²) in [5.41, 5.74) is 0.943. The maximum atomic E-state index is 5.48. The molecule has 0 aliphatic carbocycles. The van der Waals surface area contributed by atoms with Gasteiger partial charge in [0.05, 0.1) is 12.3 Å². The third-order valence-corrected chi connectivity index (χ3v) is 2.20. The quantitative estimate of drug-likeness (QED) is 0.768. The number of nitrogens with zero attached hydrogens (tertiary/aromatic N) is 2. The van der Waals surface area contributed by atoms with E-state index in [0.717, 1.165) is 25.2 Å². The van der Waals surface area contributed by atoms with Gasteiger partial charge in [0.2, 0.25) is 5.88 Å². The van der Waals surface area contributed by atoms with Crippen LogP contribution < -0.4 is 10.1 Å². The molecular weight excluding hydrogens is 202 g/mol. The summed E-state index contributed by atoms with van der Waals surface area (Å²) >= 11 is 0. The zero-order valence-electron chi connectivity index (χ0n) is 10.4. The Morgan fingerprint density at radius 3 is 2.69 bits per heavy atom. The van der Waals surface area contributed by atoms with E-state index >= 15 is 0 Å². The number of hydrogen-bond donors (Lipinski definition) is 1. The molecule has 1 aromatic heterocycles. The summed E-state index contributed by atoms with van der Waals surface area (Å²) in [6.07, 6.45) is 1.04. The van der Waals surface area contributed by atoms with Crippen LogP contribution in [0.1, 0.15) is 32.9 Å². The first-order valence-corrected chi connectivity index (χ1v) is 5.88. The van der Waals surface area contributed by atoms with Crippen LogP contribution in [0.3, 0.4) is 0 Å². The van der Waals surface area contributed by atoms with Gasteiger partial charge in [-0.25, -0.2) is 0 Å². The van der Waals surface area contributed by atoms with Crippen molar-refractivity contribution in [2.24, 2.45) is 5.92 Å². The van der Waals surface area contributed by atoms with Crippen LogP contribution >= 0.6 is 0 Å². The molecule has 0 saturated heterocycles. The molecule has 1 rings (SSSR count). The van der Waals surface area contributed by atoms with Gasteiger partial charge in [-0.05, 0) is 24.9 Å². The van der Waals surface area contributed by atoms with Gasteiger partial charge in [-0.3, -0.25) is 0 Å². The Balaban J connectivity index is 2.33. The number of ether oxygens (including phenoxy) is 1. The zero-order chi connectivity index (χ0) is 11.8. The molecule has 0 aliphatic rings. The van der Waals surface area contributed by atoms with Crippen molar-refractivity contribution in [2.45, 2.75) is 33.7 Å². The van der Waals surface area contributed by atoms with Crippen LogP contribution in [-0.2, 0) is 6.54 Å². The normalized spacial score (nSPS) is 10.8. The molecule has 0 bridgehead atoms. The lowest BCUT2D eigenvalue weighted by Gasteiger charge is -2.07. The van der Waals surface area contributed by atoms with Gasteiger partial charge in [0, 0.05) is 12.6 Å². The molecular formula is C12H21N3O. The van der Waals surface area contributed by atoms with Crippen molar-refractivity contribution in [3.63, 3.8) is 0 Å². The van der Waals surface area contributed by atoms with Crippen molar-refractivity contribution < 1.29 is 4.74 Å². The monoisotopic (exact) mass is 223 g/mol. The van der Waals surface area contributed by atoms with Gasteiger partial charge in [-0.15, -0.1) is 5.10 Å². The Labute approximate surface area is 97.4 Å². The highest BCUT2D eigenvalue weighted by Crippen LogP contribution is 2.07. The SMILES string of the molecule is CCNCc1ccc(OCCC(C)C)nn1. The lowest BCUT2D eigenvalue weighted by atomic mass is 10.1. The minimum absolute atomic E-state index is 0.612. The second-order valence-electron chi connectivity index (χ2n) is 4.17. The maximum Gasteiger partial charge on any atom is 0.233 e. The Morgan fingerprint density at radius 1 is 1.31 bits per heavy atom. The van der Waals surface area contributed by atoms with Crippen LogP contribution in [0, 0.1) is 5.92 Å². The molecule has 0 fully saturated rings. The van der Waals surface area contributed by atoms with Gasteiger partial charge in [-0.1, -0.05) is 20.8 Å². The Hall–Kier alpha value is -1.16. The molecule has 0 amide bonds. The van der Waals surface area contributed by atoms with E-state index in [9.17, 15) is 0 Å². The predicted molar refractivity (Wildman–Crippen MR) is 64.4 cm³/mol. The lowest BCUT2D eigenvalue weighted by Crippen LogP contribution is -2.13. The number of nitrogens with one attached hydrogen (secondary N) is 1. The van der Waals surface area contributed by atoms with E-state index in [1.54, 1.807) is 0 Å². The highest BCUT2D eigenvalue weighted by molar-refractivity contribution is 5.11. The second kappa shape index (κ2) is 7.17. The first-order chi connectivity index (χ1) is 7.72. The second-order valence-corrected chi connectivity index (χ2v) is 4.17. The van der Waals surface area contributed by atoms with E-state index in [2.05, 4.69) is 36.3 Å². The molecule has 90 valence electrons. The molecule has 0 saturated carbocycles. The van der Waals surface area contributed by atoms with Gasteiger partial charge in [-0.2, -0.15) is 5.10 Å². The van der Waals surface area contributed by atoms with Crippen LogP contribution in [0.2, 0.25) is 0 Å². The molecule has 0 spiro atoms. The van der Waals surface area contributed by atoms with E-state index in [0.29, 0.717) is 18.4 Å². The third kappa shape index (κ3) is 5.07. The molecule has 0 aromatic carbocycles. The Kier molecular flexibility index (Phi) is 5.78. The summed E-state index contributed by atoms with van der Waals surface area (Å²) in [4.78, 5) is 0. The molecule has 0 radical (unpaired) electrons. The zero-order valence-corrected chi connectivity index (χ0v) is 10.4. The van der Waals surface area contributed by atoms with Crippen molar-refractivity contribution in [2.75, 3.05) is 13.2 Å². The summed E-state index contributed by atoms with van der Waals surface area (Å²) in [7, 11) is 0. The number of aromatic nitrogens is 2. The molecule has 4 nitrogen and oxygen atoms in total. The topological polar surface area (TPSA) is 47.0 Å². The predicted octanol–water partition coefficient (Wildman–Crippen LogP) is 2.01. The third-order valence-electron chi connectivity index (χ3n) is 2.20. The smallest absolute Gasteiger partial charge is 0.233 e. The van der Waals surface area contributed by atoms with Crippen LogP contribution in [0.15, 0.2) is 12.1 Å². The molecule has 1 N–H and O–H groups in total. The van der Waals surface area contributed by atoms with Crippen molar-refractivity contribution in [1.82, 2.24) is 15.5 Å². The first-order valence-electron chi connectivity index (χ1n) is 5.88. The van der Waals surface area contributed by atoms with Crippen LogP contribution in [0.4, 0.5) is 0 Å². The van der Waals surface area contributed by atoms with Gasteiger partial charge in [0.15, 0.2) is 0 Å². The summed E-state index contributed by atoms with van der Waals surface area (Å²) in [5, 5.41) is 11.3. The van der Waals surface area contributed by atoms with Gasteiger partial charge >= 0.3 is 0 Å². The van der Waals surface area contributed by atoms with Gasteiger partial charge < -0.3 is 10.1 Å². The molecule has 0 unspecified atom stereocenters. The van der Waals surface area contributed by atoms with Gasteiger partial charge in [0.1, 0.15) is 0 Å². The number of hydrogen-bond acceptors (Lipinski definition) is 4. The van der Waals surface area contributed by atoms with Gasteiger partial charge in [0.25, 0.3) is 0 Å². The summed E-state index contributed by atoms with van der Waals surface area (Å²) < 4.78 is 5.48.